The second kappa shape index (κ2) is 10.3. The highest BCUT2D eigenvalue weighted by molar-refractivity contribution is 6.51. The Morgan fingerprint density at radius 2 is 1.61 bits per heavy atom. The van der Waals surface area contributed by atoms with E-state index < -0.39 is 17.7 Å². The summed E-state index contributed by atoms with van der Waals surface area (Å²) in [5.41, 5.74) is 4.57. The summed E-state index contributed by atoms with van der Waals surface area (Å²) in [6.07, 6.45) is 0.880. The molecule has 0 spiro atoms. The van der Waals surface area contributed by atoms with Gasteiger partial charge in [0.2, 0.25) is 0 Å². The predicted octanol–water partition coefficient (Wildman–Crippen LogP) is 6.04. The average molecular weight is 486 g/mol. The number of aryl methyl sites for hydroxylation is 3. The molecular formula is C30H31NO5. The summed E-state index contributed by atoms with van der Waals surface area (Å²) < 4.78 is 11.0. The molecule has 3 aromatic carbocycles. The number of carbonyl (C=O) groups excluding carboxylic acids is 2. The van der Waals surface area contributed by atoms with E-state index in [1.165, 1.54) is 4.90 Å². The van der Waals surface area contributed by atoms with Crippen molar-refractivity contribution in [2.45, 2.75) is 40.2 Å². The molecule has 1 heterocycles. The largest absolute Gasteiger partial charge is 0.507 e. The van der Waals surface area contributed by atoms with E-state index in [1.54, 1.807) is 37.4 Å². The molecule has 1 saturated heterocycles. The summed E-state index contributed by atoms with van der Waals surface area (Å²) in [6, 6.07) is 17.4. The van der Waals surface area contributed by atoms with Gasteiger partial charge in [-0.2, -0.15) is 0 Å². The van der Waals surface area contributed by atoms with Crippen LogP contribution in [0.5, 0.6) is 11.5 Å². The molecule has 1 amide bonds. The topological polar surface area (TPSA) is 76.1 Å². The van der Waals surface area contributed by atoms with Gasteiger partial charge in [-0.05, 0) is 91.9 Å². The van der Waals surface area contributed by atoms with E-state index in [-0.39, 0.29) is 11.3 Å². The third kappa shape index (κ3) is 4.71. The van der Waals surface area contributed by atoms with Crippen molar-refractivity contribution >= 4 is 23.1 Å². The SMILES string of the molecule is CCCOc1ccc(/C(O)=C2/C(=O)C(=O)N(c3cc(C)cc(C)c3)C2c2ccc(OC)cc2)cc1C. The van der Waals surface area contributed by atoms with E-state index >= 15 is 0 Å². The minimum absolute atomic E-state index is 0.0472. The third-order valence-electron chi connectivity index (χ3n) is 6.27. The Bertz CT molecular complexity index is 1320. The van der Waals surface area contributed by atoms with Crippen molar-refractivity contribution < 1.29 is 24.2 Å². The third-order valence-corrected chi connectivity index (χ3v) is 6.27. The quantitative estimate of drug-likeness (QED) is 0.251. The number of ether oxygens (including phenoxy) is 2. The van der Waals surface area contributed by atoms with Gasteiger partial charge in [-0.3, -0.25) is 14.5 Å². The predicted molar refractivity (Wildman–Crippen MR) is 141 cm³/mol. The number of rotatable bonds is 7. The minimum Gasteiger partial charge on any atom is -0.507 e. The molecule has 1 unspecified atom stereocenters. The van der Waals surface area contributed by atoms with E-state index in [2.05, 4.69) is 0 Å². The summed E-state index contributed by atoms with van der Waals surface area (Å²) in [4.78, 5) is 28.3. The highest BCUT2D eigenvalue weighted by Crippen LogP contribution is 2.43. The summed E-state index contributed by atoms with van der Waals surface area (Å²) in [7, 11) is 1.58. The molecule has 0 aromatic heterocycles. The first kappa shape index (κ1) is 25.0. The molecule has 3 aromatic rings. The fourth-order valence-corrected chi connectivity index (χ4v) is 4.62. The highest BCUT2D eigenvalue weighted by Gasteiger charge is 2.47. The maximum Gasteiger partial charge on any atom is 0.300 e. The Balaban J connectivity index is 1.89. The van der Waals surface area contributed by atoms with Crippen LogP contribution in [-0.4, -0.2) is 30.5 Å². The van der Waals surface area contributed by atoms with Crippen LogP contribution < -0.4 is 14.4 Å². The molecule has 6 heteroatoms. The number of nitrogens with zero attached hydrogens (tertiary/aromatic N) is 1. The summed E-state index contributed by atoms with van der Waals surface area (Å²) >= 11 is 0. The number of hydrogen-bond acceptors (Lipinski definition) is 5. The van der Waals surface area contributed by atoms with Crippen LogP contribution >= 0.6 is 0 Å². The first-order valence-corrected chi connectivity index (χ1v) is 12.0. The van der Waals surface area contributed by atoms with E-state index in [0.717, 1.165) is 28.9 Å². The van der Waals surface area contributed by atoms with Crippen LogP contribution in [0, 0.1) is 20.8 Å². The second-order valence-corrected chi connectivity index (χ2v) is 9.12. The molecule has 1 N–H and O–H groups in total. The zero-order valence-electron chi connectivity index (χ0n) is 21.3. The van der Waals surface area contributed by atoms with Gasteiger partial charge >= 0.3 is 0 Å². The molecule has 0 saturated carbocycles. The van der Waals surface area contributed by atoms with Crippen LogP contribution in [0.1, 0.15) is 47.2 Å². The Morgan fingerprint density at radius 3 is 2.19 bits per heavy atom. The molecule has 0 bridgehead atoms. The number of Topliss-reactive ketones (excluding diaryl/α,β-unsaturated/α-hetero) is 1. The summed E-state index contributed by atoms with van der Waals surface area (Å²) in [6.45, 7) is 8.39. The van der Waals surface area contributed by atoms with Gasteiger partial charge in [0.25, 0.3) is 11.7 Å². The van der Waals surface area contributed by atoms with Crippen molar-refractivity contribution in [2.24, 2.45) is 0 Å². The first-order chi connectivity index (χ1) is 17.2. The average Bonchev–Trinajstić information content (AvgIpc) is 3.12. The number of ketones is 1. The zero-order chi connectivity index (χ0) is 26.0. The van der Waals surface area contributed by atoms with Crippen LogP contribution in [0.15, 0.2) is 66.2 Å². The Kier molecular flexibility index (Phi) is 7.15. The molecule has 186 valence electrons. The molecule has 1 aliphatic heterocycles. The molecule has 4 rings (SSSR count). The van der Waals surface area contributed by atoms with Gasteiger partial charge in [-0.25, -0.2) is 0 Å². The number of amides is 1. The van der Waals surface area contributed by atoms with Crippen LogP contribution in [0.4, 0.5) is 5.69 Å². The van der Waals surface area contributed by atoms with Crippen molar-refractivity contribution in [2.75, 3.05) is 18.6 Å². The summed E-state index contributed by atoms with van der Waals surface area (Å²) in [5.74, 6) is -0.249. The normalized spacial score (nSPS) is 16.9. The molecule has 1 fully saturated rings. The van der Waals surface area contributed by atoms with Crippen LogP contribution in [0.3, 0.4) is 0 Å². The van der Waals surface area contributed by atoms with E-state index in [4.69, 9.17) is 9.47 Å². The molecule has 6 nitrogen and oxygen atoms in total. The van der Waals surface area contributed by atoms with Crippen LogP contribution in [0.25, 0.3) is 5.76 Å². The fourth-order valence-electron chi connectivity index (χ4n) is 4.62. The van der Waals surface area contributed by atoms with Gasteiger partial charge < -0.3 is 14.6 Å². The Morgan fingerprint density at radius 1 is 0.944 bits per heavy atom. The van der Waals surface area contributed by atoms with E-state index in [0.29, 0.717) is 29.2 Å². The van der Waals surface area contributed by atoms with Crippen LogP contribution in [0.2, 0.25) is 0 Å². The number of carbonyl (C=O) groups is 2. The number of methoxy groups -OCH3 is 1. The van der Waals surface area contributed by atoms with Crippen LogP contribution in [-0.2, 0) is 9.59 Å². The van der Waals surface area contributed by atoms with Crippen molar-refractivity contribution in [1.82, 2.24) is 0 Å². The second-order valence-electron chi connectivity index (χ2n) is 9.12. The fraction of sp³-hybridized carbons (Fsp3) is 0.267. The van der Waals surface area contributed by atoms with Gasteiger partial charge in [0.05, 0.1) is 25.3 Å². The molecule has 1 atom stereocenters. The first-order valence-electron chi connectivity index (χ1n) is 12.0. The number of hydrogen-bond donors (Lipinski definition) is 1. The minimum atomic E-state index is -0.798. The number of anilines is 1. The van der Waals surface area contributed by atoms with Crippen molar-refractivity contribution in [3.63, 3.8) is 0 Å². The zero-order valence-corrected chi connectivity index (χ0v) is 21.3. The summed E-state index contributed by atoms with van der Waals surface area (Å²) in [5, 5.41) is 11.4. The number of aliphatic hydroxyl groups is 1. The van der Waals surface area contributed by atoms with Crippen molar-refractivity contribution in [3.05, 3.63) is 94.1 Å². The molecule has 0 aliphatic carbocycles. The van der Waals surface area contributed by atoms with Gasteiger partial charge in [-0.15, -0.1) is 0 Å². The highest BCUT2D eigenvalue weighted by atomic mass is 16.5. The van der Waals surface area contributed by atoms with Crippen molar-refractivity contribution in [1.29, 1.82) is 0 Å². The van der Waals surface area contributed by atoms with E-state index in [1.807, 2.05) is 58.0 Å². The van der Waals surface area contributed by atoms with E-state index in [9.17, 15) is 14.7 Å². The van der Waals surface area contributed by atoms with Gasteiger partial charge in [0.1, 0.15) is 17.3 Å². The molecule has 36 heavy (non-hydrogen) atoms. The lowest BCUT2D eigenvalue weighted by molar-refractivity contribution is -0.132. The van der Waals surface area contributed by atoms with Gasteiger partial charge in [0.15, 0.2) is 0 Å². The number of aliphatic hydroxyl groups excluding tert-OH is 1. The Labute approximate surface area is 211 Å². The monoisotopic (exact) mass is 485 g/mol. The standard InChI is InChI=1S/C30H31NO5/c1-6-13-36-25-12-9-22(17-20(25)4)28(32)26-27(21-7-10-24(35-5)11-8-21)31(30(34)29(26)33)23-15-18(2)14-19(3)16-23/h7-12,14-17,27,32H,6,13H2,1-5H3/b28-26-. The maximum atomic E-state index is 13.4. The lowest BCUT2D eigenvalue weighted by Crippen LogP contribution is -2.29. The molecular weight excluding hydrogens is 454 g/mol. The Hall–Kier alpha value is -4.06. The van der Waals surface area contributed by atoms with Gasteiger partial charge in [0, 0.05) is 11.3 Å². The maximum absolute atomic E-state index is 13.4. The lowest BCUT2D eigenvalue weighted by Gasteiger charge is -2.26. The smallest absolute Gasteiger partial charge is 0.300 e. The van der Waals surface area contributed by atoms with Crippen molar-refractivity contribution in [3.8, 4) is 11.5 Å². The van der Waals surface area contributed by atoms with Gasteiger partial charge in [-0.1, -0.05) is 25.1 Å². The molecule has 0 radical (unpaired) electrons. The lowest BCUT2D eigenvalue weighted by atomic mass is 9.94. The molecule has 1 aliphatic rings. The number of benzene rings is 3.